The lowest BCUT2D eigenvalue weighted by Gasteiger charge is -2.29. The monoisotopic (exact) mass is 276 g/mol. The van der Waals surface area contributed by atoms with E-state index in [-0.39, 0.29) is 0 Å². The van der Waals surface area contributed by atoms with Gasteiger partial charge in [0.1, 0.15) is 0 Å². The van der Waals surface area contributed by atoms with Crippen molar-refractivity contribution >= 4 is 16.2 Å². The van der Waals surface area contributed by atoms with Crippen molar-refractivity contribution in [1.82, 2.24) is 9.03 Å². The number of rotatable bonds is 6. The summed E-state index contributed by atoms with van der Waals surface area (Å²) in [4.78, 5) is 10.8. The van der Waals surface area contributed by atoms with Gasteiger partial charge in [-0.1, -0.05) is 12.8 Å². The zero-order valence-electron chi connectivity index (χ0n) is 10.3. The van der Waals surface area contributed by atoms with Crippen LogP contribution in [-0.4, -0.2) is 43.4 Å². The zero-order chi connectivity index (χ0) is 13.2. The number of hydrogen-bond donors (Lipinski definition) is 2. The van der Waals surface area contributed by atoms with Crippen LogP contribution in [0.3, 0.4) is 0 Å². The standard InChI is InChI=1S/C11H20N2O4S/c14-11(15)10-4-7-13(8-5-10)18(16,17)12-6-3-9-1-2-9/h9-10,12H,1-8H2,(H,14,15). The lowest BCUT2D eigenvalue weighted by molar-refractivity contribution is -0.142. The molecule has 1 aliphatic carbocycles. The van der Waals surface area contributed by atoms with Crippen LogP contribution in [0, 0.1) is 11.8 Å². The SMILES string of the molecule is O=C(O)C1CCN(S(=O)(=O)NCCC2CC2)CC1. The van der Waals surface area contributed by atoms with Crippen molar-refractivity contribution in [2.75, 3.05) is 19.6 Å². The summed E-state index contributed by atoms with van der Waals surface area (Å²) in [6, 6.07) is 0. The van der Waals surface area contributed by atoms with E-state index in [1.165, 1.54) is 17.1 Å². The topological polar surface area (TPSA) is 86.7 Å². The molecule has 1 heterocycles. The van der Waals surface area contributed by atoms with Gasteiger partial charge in [-0.2, -0.15) is 12.7 Å². The third kappa shape index (κ3) is 3.66. The van der Waals surface area contributed by atoms with Gasteiger partial charge in [0.25, 0.3) is 10.2 Å². The Hall–Kier alpha value is -0.660. The average molecular weight is 276 g/mol. The molecule has 0 radical (unpaired) electrons. The van der Waals surface area contributed by atoms with Crippen molar-refractivity contribution in [2.45, 2.75) is 32.1 Å². The van der Waals surface area contributed by atoms with E-state index in [1.54, 1.807) is 0 Å². The minimum absolute atomic E-state index is 0.301. The number of nitrogens with zero attached hydrogens (tertiary/aromatic N) is 1. The van der Waals surface area contributed by atoms with Gasteiger partial charge in [-0.05, 0) is 25.2 Å². The van der Waals surface area contributed by atoms with E-state index >= 15 is 0 Å². The average Bonchev–Trinajstić information content (AvgIpc) is 3.13. The first kappa shape index (κ1) is 13.8. The van der Waals surface area contributed by atoms with Gasteiger partial charge < -0.3 is 5.11 Å². The van der Waals surface area contributed by atoms with Gasteiger partial charge in [0.05, 0.1) is 5.92 Å². The number of nitrogens with one attached hydrogen (secondary N) is 1. The molecule has 0 aromatic rings. The van der Waals surface area contributed by atoms with Crippen LogP contribution in [0.1, 0.15) is 32.1 Å². The Morgan fingerprint density at radius 2 is 1.83 bits per heavy atom. The third-order valence-corrected chi connectivity index (χ3v) is 5.29. The summed E-state index contributed by atoms with van der Waals surface area (Å²) >= 11 is 0. The first-order chi connectivity index (χ1) is 8.49. The highest BCUT2D eigenvalue weighted by atomic mass is 32.2. The smallest absolute Gasteiger partial charge is 0.306 e. The molecule has 7 heteroatoms. The Labute approximate surface area is 108 Å². The van der Waals surface area contributed by atoms with Crippen molar-refractivity contribution in [1.29, 1.82) is 0 Å². The minimum atomic E-state index is -3.41. The Morgan fingerprint density at radius 1 is 1.22 bits per heavy atom. The van der Waals surface area contributed by atoms with Gasteiger partial charge in [-0.15, -0.1) is 0 Å². The molecule has 1 saturated heterocycles. The van der Waals surface area contributed by atoms with Gasteiger partial charge in [0.15, 0.2) is 0 Å². The molecule has 0 unspecified atom stereocenters. The molecule has 0 spiro atoms. The van der Waals surface area contributed by atoms with E-state index in [0.717, 1.165) is 6.42 Å². The summed E-state index contributed by atoms with van der Waals surface area (Å²) in [5, 5.41) is 8.85. The maximum atomic E-state index is 11.9. The Balaban J connectivity index is 1.77. The quantitative estimate of drug-likeness (QED) is 0.736. The molecular formula is C11H20N2O4S. The first-order valence-corrected chi connectivity index (χ1v) is 7.90. The summed E-state index contributed by atoms with van der Waals surface area (Å²) in [5.41, 5.74) is 0. The molecule has 2 fully saturated rings. The summed E-state index contributed by atoms with van der Waals surface area (Å²) in [6.07, 6.45) is 4.14. The van der Waals surface area contributed by atoms with Crippen molar-refractivity contribution in [3.63, 3.8) is 0 Å². The van der Waals surface area contributed by atoms with Crippen LogP contribution < -0.4 is 4.72 Å². The fraction of sp³-hybridized carbons (Fsp3) is 0.909. The first-order valence-electron chi connectivity index (χ1n) is 6.46. The summed E-state index contributed by atoms with van der Waals surface area (Å²) in [5.74, 6) is -0.526. The Morgan fingerprint density at radius 3 is 2.33 bits per heavy atom. The van der Waals surface area contributed by atoms with Crippen LogP contribution in [0.2, 0.25) is 0 Å². The predicted octanol–water partition coefficient (Wildman–Crippen LogP) is 0.417. The number of piperidine rings is 1. The van der Waals surface area contributed by atoms with Crippen LogP contribution in [0.15, 0.2) is 0 Å². The molecule has 0 amide bonds. The third-order valence-electron chi connectivity index (χ3n) is 3.68. The molecule has 104 valence electrons. The van der Waals surface area contributed by atoms with Crippen LogP contribution in [0.4, 0.5) is 0 Å². The summed E-state index contributed by atoms with van der Waals surface area (Å²) in [6.45, 7) is 1.09. The van der Waals surface area contributed by atoms with Crippen LogP contribution in [0.25, 0.3) is 0 Å². The van der Waals surface area contributed by atoms with Crippen LogP contribution >= 0.6 is 0 Å². The highest BCUT2D eigenvalue weighted by molar-refractivity contribution is 7.87. The number of carboxylic acid groups (broad SMARTS) is 1. The highest BCUT2D eigenvalue weighted by Crippen LogP contribution is 2.31. The molecule has 18 heavy (non-hydrogen) atoms. The fourth-order valence-electron chi connectivity index (χ4n) is 2.23. The van der Waals surface area contributed by atoms with E-state index < -0.39 is 22.1 Å². The van der Waals surface area contributed by atoms with Crippen LogP contribution in [0.5, 0.6) is 0 Å². The molecule has 6 nitrogen and oxygen atoms in total. The van der Waals surface area contributed by atoms with Crippen LogP contribution in [-0.2, 0) is 15.0 Å². The van der Waals surface area contributed by atoms with E-state index in [1.807, 2.05) is 0 Å². The Bertz CT molecular complexity index is 397. The van der Waals surface area contributed by atoms with Crippen molar-refractivity contribution in [2.24, 2.45) is 11.8 Å². The Kier molecular flexibility index (Phi) is 4.24. The van der Waals surface area contributed by atoms with E-state index in [2.05, 4.69) is 4.72 Å². The van der Waals surface area contributed by atoms with Gasteiger partial charge >= 0.3 is 5.97 Å². The normalized spacial score (nSPS) is 23.1. The lowest BCUT2D eigenvalue weighted by atomic mass is 9.99. The molecular weight excluding hydrogens is 256 g/mol. The summed E-state index contributed by atoms with van der Waals surface area (Å²) < 4.78 is 27.8. The molecule has 0 aromatic carbocycles. The molecule has 2 rings (SSSR count). The van der Waals surface area contributed by atoms with Crippen molar-refractivity contribution in [3.05, 3.63) is 0 Å². The van der Waals surface area contributed by atoms with Gasteiger partial charge in [-0.25, -0.2) is 4.72 Å². The predicted molar refractivity (Wildman–Crippen MR) is 66.2 cm³/mol. The molecule has 0 atom stereocenters. The van der Waals surface area contributed by atoms with Gasteiger partial charge in [-0.3, -0.25) is 4.79 Å². The highest BCUT2D eigenvalue weighted by Gasteiger charge is 2.31. The molecule has 2 N–H and O–H groups in total. The number of carboxylic acids is 1. The van der Waals surface area contributed by atoms with E-state index in [0.29, 0.717) is 38.4 Å². The maximum absolute atomic E-state index is 11.9. The number of carbonyl (C=O) groups is 1. The molecule has 1 aliphatic heterocycles. The second-order valence-corrected chi connectivity index (χ2v) is 6.90. The summed E-state index contributed by atoms with van der Waals surface area (Å²) in [7, 11) is -3.41. The largest absolute Gasteiger partial charge is 0.481 e. The van der Waals surface area contributed by atoms with E-state index in [9.17, 15) is 13.2 Å². The van der Waals surface area contributed by atoms with Crippen molar-refractivity contribution < 1.29 is 18.3 Å². The zero-order valence-corrected chi connectivity index (χ0v) is 11.2. The second kappa shape index (κ2) is 5.54. The maximum Gasteiger partial charge on any atom is 0.306 e. The fourth-order valence-corrected chi connectivity index (χ4v) is 3.48. The van der Waals surface area contributed by atoms with Crippen molar-refractivity contribution in [3.8, 4) is 0 Å². The second-order valence-electron chi connectivity index (χ2n) is 5.14. The molecule has 0 aromatic heterocycles. The number of hydrogen-bond acceptors (Lipinski definition) is 3. The lowest BCUT2D eigenvalue weighted by Crippen LogP contribution is -2.46. The number of aliphatic carboxylic acids is 1. The van der Waals surface area contributed by atoms with E-state index in [4.69, 9.17) is 5.11 Å². The minimum Gasteiger partial charge on any atom is -0.481 e. The van der Waals surface area contributed by atoms with Gasteiger partial charge in [0.2, 0.25) is 0 Å². The van der Waals surface area contributed by atoms with Gasteiger partial charge in [0, 0.05) is 19.6 Å². The molecule has 1 saturated carbocycles. The molecule has 0 bridgehead atoms. The molecule has 2 aliphatic rings.